The van der Waals surface area contributed by atoms with Crippen LogP contribution in [-0.2, 0) is 9.53 Å². The Morgan fingerprint density at radius 3 is 2.00 bits per heavy atom. The first-order chi connectivity index (χ1) is 10.7. The summed E-state index contributed by atoms with van der Waals surface area (Å²) < 4.78 is 5.35. The molecule has 0 amide bonds. The molecule has 1 aliphatic heterocycles. The highest BCUT2D eigenvalue weighted by atomic mass is 16.5. The molecule has 1 aliphatic rings. The summed E-state index contributed by atoms with van der Waals surface area (Å²) >= 11 is 0. The highest BCUT2D eigenvalue weighted by molar-refractivity contribution is 5.68. The molecule has 2 aromatic rings. The van der Waals surface area contributed by atoms with E-state index in [2.05, 4.69) is 29.2 Å². The molecule has 4 nitrogen and oxygen atoms in total. The molecule has 0 aromatic heterocycles. The molecular weight excluding hydrogens is 278 g/mol. The van der Waals surface area contributed by atoms with Gasteiger partial charge in [0.2, 0.25) is 0 Å². The van der Waals surface area contributed by atoms with Gasteiger partial charge in [0.05, 0.1) is 12.1 Å². The fourth-order valence-corrected chi connectivity index (χ4v) is 2.86. The van der Waals surface area contributed by atoms with E-state index in [0.717, 1.165) is 13.1 Å². The molecule has 1 fully saturated rings. The van der Waals surface area contributed by atoms with Crippen molar-refractivity contribution >= 4 is 5.97 Å². The molecule has 0 saturated carbocycles. The van der Waals surface area contributed by atoms with E-state index < -0.39 is 5.97 Å². The van der Waals surface area contributed by atoms with Gasteiger partial charge in [-0.05, 0) is 11.1 Å². The molecular formula is C18H19NO3. The van der Waals surface area contributed by atoms with Gasteiger partial charge in [-0.3, -0.25) is 4.90 Å². The van der Waals surface area contributed by atoms with Crippen molar-refractivity contribution in [1.29, 1.82) is 0 Å². The van der Waals surface area contributed by atoms with E-state index in [0.29, 0.717) is 0 Å². The number of hydrogen-bond donors (Lipinski definition) is 1. The Labute approximate surface area is 130 Å². The second-order valence-corrected chi connectivity index (χ2v) is 5.50. The molecule has 4 heteroatoms. The summed E-state index contributed by atoms with van der Waals surface area (Å²) in [5, 5.41) is 8.67. The maximum absolute atomic E-state index is 10.6. The smallest absolute Gasteiger partial charge is 0.329 e. The first kappa shape index (κ1) is 14.8. The van der Waals surface area contributed by atoms with E-state index >= 15 is 0 Å². The van der Waals surface area contributed by atoms with Crippen LogP contribution in [0.25, 0.3) is 0 Å². The predicted molar refractivity (Wildman–Crippen MR) is 83.7 cm³/mol. The Bertz CT molecular complexity index is 569. The standard InChI is InChI=1S/C18H19NO3/c20-17(21)13-22-16-11-19(12-16)18(14-7-3-1-4-8-14)15-9-5-2-6-10-15/h1-10,16,18H,11-13H2,(H,20,21). The Balaban J connectivity index is 1.73. The van der Waals surface area contributed by atoms with Gasteiger partial charge in [0, 0.05) is 13.1 Å². The molecule has 22 heavy (non-hydrogen) atoms. The topological polar surface area (TPSA) is 49.8 Å². The normalized spacial score (nSPS) is 15.7. The van der Waals surface area contributed by atoms with E-state index in [1.54, 1.807) is 0 Å². The van der Waals surface area contributed by atoms with Crippen molar-refractivity contribution < 1.29 is 14.6 Å². The summed E-state index contributed by atoms with van der Waals surface area (Å²) in [6, 6.07) is 20.9. The minimum Gasteiger partial charge on any atom is -0.480 e. The molecule has 0 radical (unpaired) electrons. The van der Waals surface area contributed by atoms with Crippen molar-refractivity contribution in [3.63, 3.8) is 0 Å². The van der Waals surface area contributed by atoms with Crippen molar-refractivity contribution in [1.82, 2.24) is 4.90 Å². The van der Waals surface area contributed by atoms with E-state index in [1.807, 2.05) is 36.4 Å². The van der Waals surface area contributed by atoms with Crippen LogP contribution in [0.5, 0.6) is 0 Å². The number of carboxylic acids is 1. The van der Waals surface area contributed by atoms with Crippen molar-refractivity contribution in [3.05, 3.63) is 71.8 Å². The monoisotopic (exact) mass is 297 g/mol. The fourth-order valence-electron chi connectivity index (χ4n) is 2.86. The second-order valence-electron chi connectivity index (χ2n) is 5.50. The molecule has 0 bridgehead atoms. The van der Waals surface area contributed by atoms with Gasteiger partial charge in [-0.15, -0.1) is 0 Å². The van der Waals surface area contributed by atoms with Gasteiger partial charge < -0.3 is 9.84 Å². The van der Waals surface area contributed by atoms with Gasteiger partial charge in [0.1, 0.15) is 6.61 Å². The number of ether oxygens (including phenoxy) is 1. The second kappa shape index (κ2) is 6.73. The lowest BCUT2D eigenvalue weighted by Crippen LogP contribution is -2.54. The minimum absolute atomic E-state index is 0.00558. The van der Waals surface area contributed by atoms with Gasteiger partial charge in [-0.2, -0.15) is 0 Å². The zero-order valence-electron chi connectivity index (χ0n) is 12.3. The van der Waals surface area contributed by atoms with Crippen LogP contribution in [0.15, 0.2) is 60.7 Å². The van der Waals surface area contributed by atoms with Gasteiger partial charge in [0.15, 0.2) is 0 Å². The highest BCUT2D eigenvalue weighted by Gasteiger charge is 2.34. The molecule has 0 atom stereocenters. The third kappa shape index (κ3) is 3.35. The zero-order valence-corrected chi connectivity index (χ0v) is 12.3. The van der Waals surface area contributed by atoms with E-state index in [-0.39, 0.29) is 18.8 Å². The molecule has 1 saturated heterocycles. The number of aliphatic carboxylic acids is 1. The minimum atomic E-state index is -0.916. The van der Waals surface area contributed by atoms with Gasteiger partial charge in [-0.25, -0.2) is 4.79 Å². The number of benzene rings is 2. The SMILES string of the molecule is O=C(O)COC1CN(C(c2ccccc2)c2ccccc2)C1. The molecule has 1 N–H and O–H groups in total. The van der Waals surface area contributed by atoms with Crippen LogP contribution in [0, 0.1) is 0 Å². The molecule has 0 unspecified atom stereocenters. The summed E-state index contributed by atoms with van der Waals surface area (Å²) in [5.41, 5.74) is 2.48. The van der Waals surface area contributed by atoms with Gasteiger partial charge in [-0.1, -0.05) is 60.7 Å². The molecule has 114 valence electrons. The molecule has 0 aliphatic carbocycles. The lowest BCUT2D eigenvalue weighted by molar-refractivity contribution is -0.149. The Morgan fingerprint density at radius 2 is 1.55 bits per heavy atom. The van der Waals surface area contributed by atoms with Crippen LogP contribution >= 0.6 is 0 Å². The summed E-state index contributed by atoms with van der Waals surface area (Å²) in [5.74, 6) is -0.916. The third-order valence-electron chi connectivity index (χ3n) is 3.91. The van der Waals surface area contributed by atoms with Crippen molar-refractivity contribution in [3.8, 4) is 0 Å². The average Bonchev–Trinajstić information content (AvgIpc) is 2.51. The Morgan fingerprint density at radius 1 is 1.05 bits per heavy atom. The van der Waals surface area contributed by atoms with Gasteiger partial charge >= 0.3 is 5.97 Å². The fraction of sp³-hybridized carbons (Fsp3) is 0.278. The average molecular weight is 297 g/mol. The van der Waals surface area contributed by atoms with E-state index in [1.165, 1.54) is 11.1 Å². The number of carboxylic acid groups (broad SMARTS) is 1. The maximum Gasteiger partial charge on any atom is 0.329 e. The Kier molecular flexibility index (Phi) is 4.51. The van der Waals surface area contributed by atoms with Crippen LogP contribution < -0.4 is 0 Å². The first-order valence-electron chi connectivity index (χ1n) is 7.41. The number of nitrogens with zero attached hydrogens (tertiary/aromatic N) is 1. The summed E-state index contributed by atoms with van der Waals surface area (Å²) in [6.45, 7) is 1.28. The summed E-state index contributed by atoms with van der Waals surface area (Å²) in [6.07, 6.45) is 0.00558. The quantitative estimate of drug-likeness (QED) is 0.890. The maximum atomic E-state index is 10.6. The van der Waals surface area contributed by atoms with Gasteiger partial charge in [0.25, 0.3) is 0 Å². The van der Waals surface area contributed by atoms with Crippen LogP contribution in [0.2, 0.25) is 0 Å². The lowest BCUT2D eigenvalue weighted by Gasteiger charge is -2.44. The van der Waals surface area contributed by atoms with E-state index in [4.69, 9.17) is 9.84 Å². The van der Waals surface area contributed by atoms with Crippen LogP contribution in [0.3, 0.4) is 0 Å². The van der Waals surface area contributed by atoms with Crippen molar-refractivity contribution in [2.75, 3.05) is 19.7 Å². The molecule has 0 spiro atoms. The third-order valence-corrected chi connectivity index (χ3v) is 3.91. The predicted octanol–water partition coefficient (Wildman–Crippen LogP) is 2.56. The Hall–Kier alpha value is -2.17. The first-order valence-corrected chi connectivity index (χ1v) is 7.41. The van der Waals surface area contributed by atoms with Crippen LogP contribution in [0.1, 0.15) is 17.2 Å². The molecule has 2 aromatic carbocycles. The molecule has 3 rings (SSSR count). The number of likely N-dealkylation sites (tertiary alicyclic amines) is 1. The highest BCUT2D eigenvalue weighted by Crippen LogP contribution is 2.32. The largest absolute Gasteiger partial charge is 0.480 e. The number of carbonyl (C=O) groups is 1. The number of hydrogen-bond acceptors (Lipinski definition) is 3. The molecule has 1 heterocycles. The summed E-state index contributed by atoms with van der Waals surface area (Å²) in [4.78, 5) is 12.9. The number of rotatable bonds is 6. The van der Waals surface area contributed by atoms with Crippen LogP contribution in [0.4, 0.5) is 0 Å². The van der Waals surface area contributed by atoms with E-state index in [9.17, 15) is 4.79 Å². The lowest BCUT2D eigenvalue weighted by atomic mass is 9.94. The summed E-state index contributed by atoms with van der Waals surface area (Å²) in [7, 11) is 0. The van der Waals surface area contributed by atoms with Crippen LogP contribution in [-0.4, -0.2) is 41.8 Å². The van der Waals surface area contributed by atoms with Crippen molar-refractivity contribution in [2.45, 2.75) is 12.1 Å². The zero-order chi connectivity index (χ0) is 15.4. The van der Waals surface area contributed by atoms with Crippen molar-refractivity contribution in [2.24, 2.45) is 0 Å².